The number of aliphatic carboxylic acids is 3. The molecule has 730 valence electrons. The topological polar surface area (TPSA) is 623 Å². The van der Waals surface area contributed by atoms with E-state index in [9.17, 15) is 137 Å². The molecule has 1 aliphatic rings. The standard InChI is InChI=1S/C93H134N10O28S/c1-9-54(4)86(80(116)42-62(36-59-21-26-66(108)27-22-59)89(127)97-72(35-53(2)3)76(112)40-63(44-84(121)122)88(126)96-55(5)17-13-15-31-94)101-91(129)65(49-104)43-77(113)73(38-60-23-28-67(109)29-24-60)98-90(128)64(45-85(123)124)41-78(114)75(50-105)100-93(131)71(57(7)107)47-79(115)74(37-58-18-11-10-12-19-58)99-92(130)70(56(6)106)46-68(110)48-95-87(125)61(25-30-83(119)120)39-69(111)51-132-52-82(118)102(8)33-34-103-32-16-14-20-81(103)117/h10-12,18-19,21-24,26-29,53-57,61-65,70-75,86,104-109H,9,13-17,20,25,30-52,94H2,1-8H3,(H,95,125)(H,96,126)(H,97,127)(H,98,128)(H,99,130)(H,100,131)(H,101,129)(H,119,120)(H,121,122)(H,123,124)/t54-,55+,56+,57+,61+,62+,63-,64-,65-,70-,71-,72-,73-,74-,75-,86-/m0/s1. The van der Waals surface area contributed by atoms with Crippen LogP contribution in [0.3, 0.4) is 0 Å². The van der Waals surface area contributed by atoms with Crippen LogP contribution in [-0.4, -0.2) is 280 Å². The molecule has 1 heterocycles. The molecule has 18 N–H and O–H groups in total. The summed E-state index contributed by atoms with van der Waals surface area (Å²) >= 11 is 0.971. The second-order valence-electron chi connectivity index (χ2n) is 34.7. The van der Waals surface area contributed by atoms with Gasteiger partial charge < -0.3 is 98.7 Å². The summed E-state index contributed by atoms with van der Waals surface area (Å²) in [7, 11) is 1.56. The number of carbonyl (C=O) groups is 19. The molecule has 0 radical (unpaired) electrons. The van der Waals surface area contributed by atoms with Crippen molar-refractivity contribution in [3.8, 4) is 11.5 Å². The number of aliphatic hydroxyl groups is 4. The number of likely N-dealkylation sites (N-methyl/N-ethyl adjacent to an activating group) is 1. The number of nitrogens with two attached hydrogens (primary N) is 1. The molecule has 39 heteroatoms. The normalized spacial score (nSPS) is 15.7. The molecule has 1 fully saturated rings. The van der Waals surface area contributed by atoms with Crippen LogP contribution in [0.1, 0.15) is 187 Å². The summed E-state index contributed by atoms with van der Waals surface area (Å²) in [6, 6.07) is 10.5. The van der Waals surface area contributed by atoms with Gasteiger partial charge in [0.25, 0.3) is 0 Å². The lowest BCUT2D eigenvalue weighted by Crippen LogP contribution is -2.52. The molecule has 16 atom stereocenters. The van der Waals surface area contributed by atoms with Gasteiger partial charge in [0.2, 0.25) is 53.2 Å². The number of carboxylic acids is 3. The number of phenolic OH excluding ortho intramolecular Hbond substituents is 2. The highest BCUT2D eigenvalue weighted by atomic mass is 32.2. The summed E-state index contributed by atoms with van der Waals surface area (Å²) in [6.45, 7) is 9.38. The minimum atomic E-state index is -1.99. The van der Waals surface area contributed by atoms with Crippen LogP contribution < -0.4 is 43.0 Å². The largest absolute Gasteiger partial charge is 0.508 e. The maximum absolute atomic E-state index is 14.9. The number of hydrogen-bond acceptors (Lipinski definition) is 27. The van der Waals surface area contributed by atoms with Gasteiger partial charge in [-0.3, -0.25) is 91.1 Å². The third-order valence-electron chi connectivity index (χ3n) is 23.2. The minimum Gasteiger partial charge on any atom is -0.508 e. The molecule has 0 unspecified atom stereocenters. The number of unbranched alkanes of at least 4 members (excludes halogenated alkanes) is 1. The Morgan fingerprint density at radius 3 is 1.48 bits per heavy atom. The van der Waals surface area contributed by atoms with Crippen LogP contribution >= 0.6 is 11.8 Å². The SMILES string of the molecule is CC[C@H](C)[C@H](NC(=O)[C@H](CO)CC(=O)[C@H](Cc1ccc(O)cc1)NC(=O)[C@H](CC(=O)O)CC(=O)[C@H](CO)NC(=O)[C@@H](CC(=O)[C@H](Cc1ccccc1)NC(=O)[C@@H](CC(=O)CNC(=O)[C@H](CCC(=O)O)CC(=O)CSCC(=O)N(C)CCN1CCCCC1=O)[C@@H](C)O)[C@@H](C)O)C(=O)C[C@@H](Cc1ccc(O)cc1)C(=O)N[C@@H](CC(C)C)C(=O)C[C@@H](CC(=O)O)C(=O)N[C@H](C)CCCCN. The van der Waals surface area contributed by atoms with E-state index >= 15 is 0 Å². The van der Waals surface area contributed by atoms with E-state index in [-0.39, 0.29) is 91.0 Å². The average Bonchev–Trinajstić information content (AvgIpc) is 0.819. The molecule has 1 saturated heterocycles. The predicted octanol–water partition coefficient (Wildman–Crippen LogP) is 2.18. The Labute approximate surface area is 772 Å². The molecule has 0 aliphatic carbocycles. The minimum absolute atomic E-state index is 0.00657. The van der Waals surface area contributed by atoms with Crippen LogP contribution in [0.15, 0.2) is 78.9 Å². The van der Waals surface area contributed by atoms with E-state index in [2.05, 4.69) is 37.2 Å². The number of carboxylic acid groups (broad SMARTS) is 3. The lowest BCUT2D eigenvalue weighted by atomic mass is 9.85. The highest BCUT2D eigenvalue weighted by molar-refractivity contribution is 8.00. The van der Waals surface area contributed by atoms with Gasteiger partial charge in [-0.1, -0.05) is 95.1 Å². The average molecular weight is 1870 g/mol. The lowest BCUT2D eigenvalue weighted by Gasteiger charge is -2.28. The number of phenols is 2. The Kier molecular flexibility index (Phi) is 50.2. The Hall–Kier alpha value is -11.3. The van der Waals surface area contributed by atoms with Crippen molar-refractivity contribution in [1.29, 1.82) is 0 Å². The summed E-state index contributed by atoms with van der Waals surface area (Å²) in [6.07, 6.45) is -8.02. The monoisotopic (exact) mass is 1870 g/mol. The first kappa shape index (κ1) is 113. The summed E-state index contributed by atoms with van der Waals surface area (Å²) in [4.78, 5) is 263. The van der Waals surface area contributed by atoms with E-state index in [4.69, 9.17) is 5.73 Å². The van der Waals surface area contributed by atoms with Gasteiger partial charge in [-0.05, 0) is 138 Å². The van der Waals surface area contributed by atoms with E-state index < -0.39 is 280 Å². The fraction of sp³-hybridized carbons (Fsp3) is 0.602. The summed E-state index contributed by atoms with van der Waals surface area (Å²) in [5.41, 5.74) is 6.78. The molecule has 4 rings (SSSR count). The molecule has 0 saturated carbocycles. The quantitative estimate of drug-likeness (QED) is 0.0360. The molecule has 3 aromatic carbocycles. The number of ketones is 7. The van der Waals surface area contributed by atoms with Crippen LogP contribution in [0.25, 0.3) is 0 Å². The molecule has 1 aliphatic heterocycles. The molecular weight excluding hydrogens is 1740 g/mol. The van der Waals surface area contributed by atoms with Crippen LogP contribution in [-0.2, 0) is 110 Å². The van der Waals surface area contributed by atoms with Crippen molar-refractivity contribution in [3.05, 3.63) is 95.6 Å². The molecule has 3 aromatic rings. The molecule has 38 nitrogen and oxygen atoms in total. The number of aliphatic hydroxyl groups excluding tert-OH is 4. The Morgan fingerprint density at radius 2 is 0.962 bits per heavy atom. The second kappa shape index (κ2) is 58.6. The van der Waals surface area contributed by atoms with E-state index in [0.717, 1.165) is 38.5 Å². The van der Waals surface area contributed by atoms with Crippen LogP contribution in [0.5, 0.6) is 11.5 Å². The van der Waals surface area contributed by atoms with Crippen molar-refractivity contribution in [3.63, 3.8) is 0 Å². The summed E-state index contributed by atoms with van der Waals surface area (Å²) in [5.74, 6) is -30.0. The first-order chi connectivity index (χ1) is 62.4. The number of piperidine rings is 1. The van der Waals surface area contributed by atoms with Crippen molar-refractivity contribution < 1.29 is 137 Å². The highest BCUT2D eigenvalue weighted by Gasteiger charge is 2.41. The van der Waals surface area contributed by atoms with Crippen molar-refractivity contribution in [1.82, 2.24) is 47.0 Å². The zero-order valence-corrected chi connectivity index (χ0v) is 77.2. The first-order valence-corrected chi connectivity index (χ1v) is 45.9. The van der Waals surface area contributed by atoms with Gasteiger partial charge >= 0.3 is 17.9 Å². The molecule has 9 amide bonds. The van der Waals surface area contributed by atoms with E-state index in [1.165, 1.54) is 53.4 Å². The number of nitrogens with one attached hydrogen (secondary N) is 7. The number of likely N-dealkylation sites (tertiary alicyclic amines) is 1. The van der Waals surface area contributed by atoms with Gasteiger partial charge in [-0.2, -0.15) is 0 Å². The Bertz CT molecular complexity index is 4380. The summed E-state index contributed by atoms with van der Waals surface area (Å²) < 4.78 is 0. The number of nitrogens with zero attached hydrogens (tertiary/aromatic N) is 2. The number of aromatic hydroxyl groups is 2. The number of carbonyl (C=O) groups excluding carboxylic acids is 16. The Balaban J connectivity index is 1.53. The number of thioether (sulfide) groups is 1. The first-order valence-electron chi connectivity index (χ1n) is 44.8. The van der Waals surface area contributed by atoms with Gasteiger partial charge in [0.15, 0.2) is 34.7 Å². The van der Waals surface area contributed by atoms with E-state index in [1.807, 2.05) is 0 Å². The van der Waals surface area contributed by atoms with Crippen molar-refractivity contribution >= 4 is 123 Å². The van der Waals surface area contributed by atoms with Crippen molar-refractivity contribution in [2.75, 3.05) is 64.5 Å². The third kappa shape index (κ3) is 41.3. The molecular formula is C93H134N10O28S. The summed E-state index contributed by atoms with van der Waals surface area (Å²) in [5, 5.41) is 111. The van der Waals surface area contributed by atoms with Gasteiger partial charge in [0.05, 0.1) is 110 Å². The molecule has 0 bridgehead atoms. The van der Waals surface area contributed by atoms with Crippen LogP contribution in [0.2, 0.25) is 0 Å². The molecule has 0 spiro atoms. The van der Waals surface area contributed by atoms with Gasteiger partial charge in [-0.25, -0.2) is 0 Å². The number of hydrogen-bond donors (Lipinski definition) is 17. The van der Waals surface area contributed by atoms with Crippen molar-refractivity contribution in [2.45, 2.75) is 238 Å². The van der Waals surface area contributed by atoms with Crippen LogP contribution in [0, 0.1) is 53.3 Å². The fourth-order valence-electron chi connectivity index (χ4n) is 15.1. The highest BCUT2D eigenvalue weighted by Crippen LogP contribution is 2.27. The molecule has 132 heavy (non-hydrogen) atoms. The third-order valence-corrected chi connectivity index (χ3v) is 24.2. The second-order valence-corrected chi connectivity index (χ2v) is 35.7. The predicted molar refractivity (Wildman–Crippen MR) is 482 cm³/mol. The lowest BCUT2D eigenvalue weighted by molar-refractivity contribution is -0.143. The molecule has 0 aromatic heterocycles. The Morgan fingerprint density at radius 1 is 0.477 bits per heavy atom. The van der Waals surface area contributed by atoms with Gasteiger partial charge in [0, 0.05) is 102 Å². The number of benzene rings is 3. The van der Waals surface area contributed by atoms with Crippen molar-refractivity contribution in [2.24, 2.45) is 59.0 Å². The van der Waals surface area contributed by atoms with E-state index in [0.29, 0.717) is 56.4 Å². The fourth-order valence-corrected chi connectivity index (χ4v) is 15.9. The zero-order chi connectivity index (χ0) is 98.6. The smallest absolute Gasteiger partial charge is 0.304 e. The van der Waals surface area contributed by atoms with E-state index in [1.54, 1.807) is 76.9 Å². The zero-order valence-electron chi connectivity index (χ0n) is 76.4. The van der Waals surface area contributed by atoms with Crippen LogP contribution in [0.4, 0.5) is 0 Å². The number of rotatable bonds is 66. The van der Waals surface area contributed by atoms with Gasteiger partial charge in [-0.15, -0.1) is 11.8 Å². The maximum atomic E-state index is 14.9. The number of Topliss-reactive ketones (excluding diaryl/α,β-unsaturated/α-hetero) is 7. The number of amides is 9. The van der Waals surface area contributed by atoms with Gasteiger partial charge in [0.1, 0.15) is 23.3 Å². The maximum Gasteiger partial charge on any atom is 0.304 e.